The number of rotatable bonds is 7. The highest BCUT2D eigenvalue weighted by atomic mass is 16.5. The highest BCUT2D eigenvalue weighted by Crippen LogP contribution is 2.41. The first-order valence-electron chi connectivity index (χ1n) is 13.2. The van der Waals surface area contributed by atoms with E-state index in [4.69, 9.17) is 14.6 Å². The van der Waals surface area contributed by atoms with Gasteiger partial charge in [-0.05, 0) is 42.0 Å². The van der Waals surface area contributed by atoms with E-state index in [0.717, 1.165) is 42.1 Å². The van der Waals surface area contributed by atoms with E-state index in [0.29, 0.717) is 30.2 Å². The van der Waals surface area contributed by atoms with Crippen molar-refractivity contribution in [3.05, 3.63) is 95.7 Å². The highest BCUT2D eigenvalue weighted by Gasteiger charge is 2.36. The molecule has 2 aliphatic heterocycles. The molecular formula is C31H27N5O4. The van der Waals surface area contributed by atoms with Gasteiger partial charge in [0.05, 0.1) is 30.7 Å². The van der Waals surface area contributed by atoms with Crippen LogP contribution in [0.5, 0.6) is 5.75 Å². The molecule has 1 saturated heterocycles. The van der Waals surface area contributed by atoms with Gasteiger partial charge in [0.1, 0.15) is 18.1 Å². The van der Waals surface area contributed by atoms with E-state index in [2.05, 4.69) is 16.3 Å². The lowest BCUT2D eigenvalue weighted by molar-refractivity contribution is -0.117. The molecule has 9 nitrogen and oxygen atoms in total. The molecule has 4 aromatic rings. The van der Waals surface area contributed by atoms with Crippen LogP contribution in [0.25, 0.3) is 16.9 Å². The van der Waals surface area contributed by atoms with Crippen LogP contribution in [-0.4, -0.2) is 52.7 Å². The summed E-state index contributed by atoms with van der Waals surface area (Å²) in [6.07, 6.45) is 0. The molecule has 40 heavy (non-hydrogen) atoms. The molecule has 3 aromatic carbocycles. The lowest BCUT2D eigenvalue weighted by Gasteiger charge is -2.27. The molecule has 2 aliphatic rings. The van der Waals surface area contributed by atoms with E-state index >= 15 is 0 Å². The summed E-state index contributed by atoms with van der Waals surface area (Å²) in [5.74, 6) is -2.25. The van der Waals surface area contributed by atoms with Gasteiger partial charge in [0.25, 0.3) is 0 Å². The van der Waals surface area contributed by atoms with Crippen molar-refractivity contribution >= 4 is 17.4 Å². The second-order valence-corrected chi connectivity index (χ2v) is 9.71. The quantitative estimate of drug-likeness (QED) is 0.280. The minimum Gasteiger partial charge on any atom is -0.488 e. The van der Waals surface area contributed by atoms with Gasteiger partial charge in [0, 0.05) is 36.4 Å². The third kappa shape index (κ3) is 4.98. The second-order valence-electron chi connectivity index (χ2n) is 9.71. The lowest BCUT2D eigenvalue weighted by Crippen LogP contribution is -2.35. The summed E-state index contributed by atoms with van der Waals surface area (Å²) in [6, 6.07) is 26.2. The number of ether oxygens (including phenoxy) is 2. The Labute approximate surface area is 231 Å². The molecule has 1 fully saturated rings. The van der Waals surface area contributed by atoms with Crippen molar-refractivity contribution in [2.45, 2.75) is 13.2 Å². The number of fused-ring (bicyclic) bond motifs is 3. The molecule has 6 rings (SSSR count). The predicted octanol–water partition coefficient (Wildman–Crippen LogP) is 4.23. The van der Waals surface area contributed by atoms with E-state index in [1.807, 2.05) is 54.6 Å². The molecule has 0 saturated carbocycles. The molecule has 9 heteroatoms. The van der Waals surface area contributed by atoms with Crippen molar-refractivity contribution in [1.82, 2.24) is 14.7 Å². The number of nitriles is 1. The van der Waals surface area contributed by atoms with Gasteiger partial charge in [-0.2, -0.15) is 10.4 Å². The van der Waals surface area contributed by atoms with Crippen LogP contribution in [-0.2, 0) is 22.7 Å². The van der Waals surface area contributed by atoms with E-state index in [-0.39, 0.29) is 12.3 Å². The molecule has 0 radical (unpaired) electrons. The molecular weight excluding hydrogens is 506 g/mol. The second kappa shape index (κ2) is 11.1. The van der Waals surface area contributed by atoms with Crippen LogP contribution in [0.2, 0.25) is 0 Å². The molecule has 200 valence electrons. The van der Waals surface area contributed by atoms with Gasteiger partial charge < -0.3 is 14.8 Å². The van der Waals surface area contributed by atoms with Gasteiger partial charge >= 0.3 is 0 Å². The number of anilines is 1. The Bertz CT molecular complexity index is 1590. The Hall–Kier alpha value is -4.78. The summed E-state index contributed by atoms with van der Waals surface area (Å²) < 4.78 is 13.3. The van der Waals surface area contributed by atoms with Crippen LogP contribution in [0.3, 0.4) is 0 Å². The molecule has 0 aliphatic carbocycles. The van der Waals surface area contributed by atoms with Crippen LogP contribution >= 0.6 is 0 Å². The summed E-state index contributed by atoms with van der Waals surface area (Å²) in [6.45, 7) is 4.00. The Morgan fingerprint density at radius 1 is 1.00 bits per heavy atom. The molecule has 1 aromatic heterocycles. The zero-order valence-electron chi connectivity index (χ0n) is 21.7. The number of hydrogen-bond donors (Lipinski definition) is 1. The average Bonchev–Trinajstić information content (AvgIpc) is 3.39. The van der Waals surface area contributed by atoms with Crippen LogP contribution in [0, 0.1) is 17.2 Å². The number of para-hydroxylation sites is 2. The van der Waals surface area contributed by atoms with Gasteiger partial charge in [-0.25, -0.2) is 4.68 Å². The number of hydrogen-bond acceptors (Lipinski definition) is 7. The maximum absolute atomic E-state index is 13.7. The van der Waals surface area contributed by atoms with Gasteiger partial charge in [0.15, 0.2) is 5.92 Å². The zero-order valence-corrected chi connectivity index (χ0v) is 21.7. The van der Waals surface area contributed by atoms with Crippen molar-refractivity contribution in [3.8, 4) is 28.8 Å². The molecule has 0 spiro atoms. The number of benzene rings is 3. The maximum atomic E-state index is 13.7. The topological polar surface area (TPSA) is 109 Å². The van der Waals surface area contributed by atoms with E-state index in [1.165, 1.54) is 0 Å². The van der Waals surface area contributed by atoms with Gasteiger partial charge in [0.2, 0.25) is 11.7 Å². The number of Topliss-reactive ketones (excluding diaryl/α,β-unsaturated/α-hetero) is 1. The number of ketones is 1. The monoisotopic (exact) mass is 533 g/mol. The molecule has 1 atom stereocenters. The molecule has 3 heterocycles. The first-order chi connectivity index (χ1) is 19.6. The highest BCUT2D eigenvalue weighted by molar-refractivity contribution is 6.15. The summed E-state index contributed by atoms with van der Waals surface area (Å²) in [4.78, 5) is 29.1. The minimum absolute atomic E-state index is 0.0536. The van der Waals surface area contributed by atoms with E-state index in [9.17, 15) is 14.9 Å². The number of amides is 1. The molecule has 1 N–H and O–H groups in total. The Balaban J connectivity index is 1.40. The number of carbonyl (C=O) groups excluding carboxylic acids is 2. The van der Waals surface area contributed by atoms with Gasteiger partial charge in [-0.3, -0.25) is 14.5 Å². The Morgan fingerprint density at radius 3 is 2.45 bits per heavy atom. The van der Waals surface area contributed by atoms with Crippen LogP contribution in [0.4, 0.5) is 5.69 Å². The van der Waals surface area contributed by atoms with Crippen LogP contribution in [0.1, 0.15) is 21.6 Å². The Morgan fingerprint density at radius 2 is 1.73 bits per heavy atom. The molecule has 1 unspecified atom stereocenters. The zero-order chi connectivity index (χ0) is 27.5. The first-order valence-corrected chi connectivity index (χ1v) is 13.2. The van der Waals surface area contributed by atoms with Crippen LogP contribution in [0.15, 0.2) is 78.9 Å². The summed E-state index contributed by atoms with van der Waals surface area (Å²) in [5, 5.41) is 17.2. The van der Waals surface area contributed by atoms with Gasteiger partial charge in [-0.1, -0.05) is 42.5 Å². The average molecular weight is 534 g/mol. The smallest absolute Gasteiger partial charge is 0.249 e. The normalized spacial score (nSPS) is 15.2. The number of morpholine rings is 1. The molecule has 1 amide bonds. The number of nitrogens with one attached hydrogen (secondary N) is 1. The minimum atomic E-state index is -1.57. The summed E-state index contributed by atoms with van der Waals surface area (Å²) in [7, 11) is 0. The van der Waals surface area contributed by atoms with Crippen LogP contribution < -0.4 is 10.1 Å². The molecule has 0 bridgehead atoms. The number of aromatic nitrogens is 2. The first kappa shape index (κ1) is 25.5. The van der Waals surface area contributed by atoms with Crippen molar-refractivity contribution in [1.29, 1.82) is 5.26 Å². The standard InChI is InChI=1S/C31H27N5O4/c32-18-25(31(38)33-22-7-3-1-4-8-22)30(37)28-26-20-40-27-12-11-21(19-35-13-15-39-16-14-35)17-24(27)29(26)36(34-28)23-9-5-2-6-10-23/h1-12,17,25H,13-16,19-20H2,(H,33,38). The van der Waals surface area contributed by atoms with Crippen molar-refractivity contribution in [2.24, 2.45) is 5.92 Å². The number of nitrogens with zero attached hydrogens (tertiary/aromatic N) is 4. The van der Waals surface area contributed by atoms with Gasteiger partial charge in [-0.15, -0.1) is 0 Å². The van der Waals surface area contributed by atoms with E-state index in [1.54, 1.807) is 28.9 Å². The van der Waals surface area contributed by atoms with Crippen molar-refractivity contribution in [3.63, 3.8) is 0 Å². The SMILES string of the molecule is N#CC(C(=O)Nc1ccccc1)C(=O)c1nn(-c2ccccc2)c2c1COc1ccc(CN3CCOCC3)cc1-2. The summed E-state index contributed by atoms with van der Waals surface area (Å²) in [5.41, 5.74) is 4.50. The summed E-state index contributed by atoms with van der Waals surface area (Å²) >= 11 is 0. The third-order valence-electron chi connectivity index (χ3n) is 7.09. The number of carbonyl (C=O) groups is 2. The fourth-order valence-electron chi connectivity index (χ4n) is 5.08. The fourth-order valence-corrected chi connectivity index (χ4v) is 5.08. The maximum Gasteiger partial charge on any atom is 0.249 e. The third-order valence-corrected chi connectivity index (χ3v) is 7.09. The Kier molecular flexibility index (Phi) is 7.10. The van der Waals surface area contributed by atoms with Crippen molar-refractivity contribution < 1.29 is 19.1 Å². The largest absolute Gasteiger partial charge is 0.488 e. The lowest BCUT2D eigenvalue weighted by atomic mass is 9.95. The predicted molar refractivity (Wildman–Crippen MR) is 148 cm³/mol. The van der Waals surface area contributed by atoms with Crippen molar-refractivity contribution in [2.75, 3.05) is 31.6 Å². The van der Waals surface area contributed by atoms with E-state index < -0.39 is 17.6 Å². The fraction of sp³-hybridized carbons (Fsp3) is 0.226.